The number of thiazole rings is 1. The van der Waals surface area contributed by atoms with Crippen LogP contribution in [0.2, 0.25) is 5.02 Å². The minimum atomic E-state index is -0.132. The highest BCUT2D eigenvalue weighted by molar-refractivity contribution is 7.22. The monoisotopic (exact) mass is 374 g/mol. The first-order valence-electron chi connectivity index (χ1n) is 8.08. The van der Waals surface area contributed by atoms with Crippen molar-refractivity contribution in [1.82, 2.24) is 4.98 Å². The fourth-order valence-corrected chi connectivity index (χ4v) is 3.59. The zero-order valence-corrected chi connectivity index (χ0v) is 15.7. The van der Waals surface area contributed by atoms with E-state index in [1.165, 1.54) is 11.3 Å². The number of aromatic nitrogens is 1. The summed E-state index contributed by atoms with van der Waals surface area (Å²) < 4.78 is 6.67. The summed E-state index contributed by atoms with van der Waals surface area (Å²) in [5.41, 5.74) is 0.899. The highest BCUT2D eigenvalue weighted by Gasteiger charge is 2.21. The van der Waals surface area contributed by atoms with Crippen molar-refractivity contribution >= 4 is 44.2 Å². The zero-order chi connectivity index (χ0) is 17.8. The molecule has 0 aliphatic carbocycles. The number of carbonyl (C=O) groups excluding carboxylic acids is 1. The zero-order valence-electron chi connectivity index (χ0n) is 14.1. The molecule has 4 nitrogen and oxygen atoms in total. The Labute approximate surface area is 156 Å². The van der Waals surface area contributed by atoms with Gasteiger partial charge in [-0.05, 0) is 30.2 Å². The highest BCUT2D eigenvalue weighted by Crippen LogP contribution is 2.29. The van der Waals surface area contributed by atoms with Gasteiger partial charge in [-0.15, -0.1) is 0 Å². The van der Waals surface area contributed by atoms with Gasteiger partial charge < -0.3 is 4.74 Å². The molecule has 0 saturated carbocycles. The number of fused-ring (bicyclic) bond motifs is 1. The minimum Gasteiger partial charge on any atom is -0.482 e. The second-order valence-electron chi connectivity index (χ2n) is 6.08. The first-order valence-corrected chi connectivity index (χ1v) is 9.27. The summed E-state index contributed by atoms with van der Waals surface area (Å²) in [7, 11) is 0. The molecule has 1 amide bonds. The number of nitrogens with zero attached hydrogens (tertiary/aromatic N) is 2. The number of halogens is 1. The predicted molar refractivity (Wildman–Crippen MR) is 104 cm³/mol. The molecule has 0 bridgehead atoms. The molecule has 3 rings (SSSR count). The van der Waals surface area contributed by atoms with Crippen LogP contribution in [-0.2, 0) is 4.79 Å². The van der Waals surface area contributed by atoms with E-state index in [0.717, 1.165) is 10.2 Å². The quantitative estimate of drug-likeness (QED) is 0.608. The summed E-state index contributed by atoms with van der Waals surface area (Å²) >= 11 is 7.59. The molecule has 1 heterocycles. The standard InChI is InChI=1S/C19H19ClN2O2S/c1-13(2)11-22(19-21-15-8-4-6-10-17(15)25-19)18(23)12-24-16-9-5-3-7-14(16)20/h3-10,13H,11-12H2,1-2H3. The Morgan fingerprint density at radius 3 is 2.64 bits per heavy atom. The van der Waals surface area contributed by atoms with Crippen LogP contribution in [-0.4, -0.2) is 24.0 Å². The molecule has 130 valence electrons. The van der Waals surface area contributed by atoms with Crippen LogP contribution in [0.25, 0.3) is 10.2 Å². The van der Waals surface area contributed by atoms with Gasteiger partial charge in [0.05, 0.1) is 15.2 Å². The Morgan fingerprint density at radius 1 is 1.20 bits per heavy atom. The van der Waals surface area contributed by atoms with Crippen LogP contribution in [0.15, 0.2) is 48.5 Å². The van der Waals surface area contributed by atoms with Crippen LogP contribution in [0.1, 0.15) is 13.8 Å². The fraction of sp³-hybridized carbons (Fsp3) is 0.263. The number of rotatable bonds is 6. The lowest BCUT2D eigenvalue weighted by Crippen LogP contribution is -2.37. The summed E-state index contributed by atoms with van der Waals surface area (Å²) in [5, 5.41) is 1.19. The molecule has 0 aliphatic heterocycles. The van der Waals surface area contributed by atoms with Crippen LogP contribution in [0.3, 0.4) is 0 Å². The average Bonchev–Trinajstić information content (AvgIpc) is 3.02. The Hall–Kier alpha value is -2.11. The predicted octanol–water partition coefficient (Wildman–Crippen LogP) is 5.02. The molecule has 0 unspecified atom stereocenters. The number of hydrogen-bond donors (Lipinski definition) is 0. The summed E-state index contributed by atoms with van der Waals surface area (Å²) in [5.74, 6) is 0.690. The number of carbonyl (C=O) groups is 1. The van der Waals surface area contributed by atoms with E-state index in [2.05, 4.69) is 18.8 Å². The molecular weight excluding hydrogens is 356 g/mol. The second kappa shape index (κ2) is 7.85. The molecule has 0 spiro atoms. The van der Waals surface area contributed by atoms with E-state index in [1.54, 1.807) is 17.0 Å². The van der Waals surface area contributed by atoms with Crippen molar-refractivity contribution in [1.29, 1.82) is 0 Å². The Balaban J connectivity index is 1.80. The highest BCUT2D eigenvalue weighted by atomic mass is 35.5. The van der Waals surface area contributed by atoms with Gasteiger partial charge in [-0.2, -0.15) is 0 Å². The van der Waals surface area contributed by atoms with E-state index in [4.69, 9.17) is 16.3 Å². The molecule has 0 aliphatic rings. The number of ether oxygens (including phenoxy) is 1. The van der Waals surface area contributed by atoms with Gasteiger partial charge in [0.15, 0.2) is 11.7 Å². The first kappa shape index (κ1) is 17.7. The third kappa shape index (κ3) is 4.30. The molecule has 6 heteroatoms. The topological polar surface area (TPSA) is 42.4 Å². The van der Waals surface area contributed by atoms with Crippen LogP contribution in [0, 0.1) is 5.92 Å². The van der Waals surface area contributed by atoms with E-state index in [9.17, 15) is 4.79 Å². The Bertz CT molecular complexity index is 845. The Morgan fingerprint density at radius 2 is 1.92 bits per heavy atom. The third-order valence-corrected chi connectivity index (χ3v) is 4.92. The van der Waals surface area contributed by atoms with Crippen molar-refractivity contribution in [2.24, 2.45) is 5.92 Å². The molecule has 0 N–H and O–H groups in total. The maximum Gasteiger partial charge on any atom is 0.266 e. The number of para-hydroxylation sites is 2. The van der Waals surface area contributed by atoms with Crippen molar-refractivity contribution < 1.29 is 9.53 Å². The summed E-state index contributed by atoms with van der Waals surface area (Å²) in [6.07, 6.45) is 0. The van der Waals surface area contributed by atoms with Crippen LogP contribution < -0.4 is 9.64 Å². The van der Waals surface area contributed by atoms with E-state index < -0.39 is 0 Å². The van der Waals surface area contributed by atoms with Crippen molar-refractivity contribution in [3.05, 3.63) is 53.6 Å². The van der Waals surface area contributed by atoms with Gasteiger partial charge >= 0.3 is 0 Å². The smallest absolute Gasteiger partial charge is 0.266 e. The van der Waals surface area contributed by atoms with E-state index in [1.807, 2.05) is 36.4 Å². The van der Waals surface area contributed by atoms with Gasteiger partial charge in [-0.3, -0.25) is 9.69 Å². The SMILES string of the molecule is CC(C)CN(C(=O)COc1ccccc1Cl)c1nc2ccccc2s1. The maximum atomic E-state index is 12.8. The van der Waals surface area contributed by atoms with Crippen molar-refractivity contribution in [2.45, 2.75) is 13.8 Å². The lowest BCUT2D eigenvalue weighted by Gasteiger charge is -2.22. The van der Waals surface area contributed by atoms with E-state index in [-0.39, 0.29) is 12.5 Å². The lowest BCUT2D eigenvalue weighted by molar-refractivity contribution is -0.120. The Kier molecular flexibility index (Phi) is 5.56. The molecule has 0 radical (unpaired) electrons. The summed E-state index contributed by atoms with van der Waals surface area (Å²) in [6.45, 7) is 4.65. The van der Waals surface area contributed by atoms with Crippen LogP contribution in [0.5, 0.6) is 5.75 Å². The van der Waals surface area contributed by atoms with Gasteiger partial charge in [-0.1, -0.05) is 61.1 Å². The molecule has 25 heavy (non-hydrogen) atoms. The molecule has 3 aromatic rings. The van der Waals surface area contributed by atoms with Gasteiger partial charge in [0.2, 0.25) is 0 Å². The summed E-state index contributed by atoms with van der Waals surface area (Å²) in [4.78, 5) is 19.1. The first-order chi connectivity index (χ1) is 12.0. The van der Waals surface area contributed by atoms with E-state index in [0.29, 0.717) is 28.4 Å². The number of amides is 1. The van der Waals surface area contributed by atoms with E-state index >= 15 is 0 Å². The lowest BCUT2D eigenvalue weighted by atomic mass is 10.2. The minimum absolute atomic E-state index is 0.0770. The number of hydrogen-bond acceptors (Lipinski definition) is 4. The van der Waals surface area contributed by atoms with Crippen LogP contribution >= 0.6 is 22.9 Å². The molecule has 1 aromatic heterocycles. The molecule has 0 fully saturated rings. The molecule has 0 saturated heterocycles. The normalized spacial score (nSPS) is 11.0. The van der Waals surface area contributed by atoms with Gasteiger partial charge in [0.1, 0.15) is 5.75 Å². The summed E-state index contributed by atoms with van der Waals surface area (Å²) in [6, 6.07) is 15.0. The molecular formula is C19H19ClN2O2S. The third-order valence-electron chi connectivity index (χ3n) is 3.55. The van der Waals surface area contributed by atoms with Gasteiger partial charge in [0, 0.05) is 6.54 Å². The maximum absolute atomic E-state index is 12.8. The average molecular weight is 375 g/mol. The largest absolute Gasteiger partial charge is 0.482 e. The molecule has 2 aromatic carbocycles. The van der Waals surface area contributed by atoms with Crippen molar-refractivity contribution in [2.75, 3.05) is 18.1 Å². The molecule has 0 atom stereocenters. The van der Waals surface area contributed by atoms with Crippen molar-refractivity contribution in [3.8, 4) is 5.75 Å². The van der Waals surface area contributed by atoms with Gasteiger partial charge in [-0.25, -0.2) is 4.98 Å². The van der Waals surface area contributed by atoms with Gasteiger partial charge in [0.25, 0.3) is 5.91 Å². The van der Waals surface area contributed by atoms with Crippen molar-refractivity contribution in [3.63, 3.8) is 0 Å². The fourth-order valence-electron chi connectivity index (χ4n) is 2.41. The van der Waals surface area contributed by atoms with Crippen LogP contribution in [0.4, 0.5) is 5.13 Å². The number of anilines is 1. The number of benzene rings is 2. The second-order valence-corrected chi connectivity index (χ2v) is 7.50.